The predicted octanol–water partition coefficient (Wildman–Crippen LogP) is 1.46. The Bertz CT molecular complexity index is 462. The molecule has 2 N–H and O–H groups in total. The Balaban J connectivity index is 3.10. The summed E-state index contributed by atoms with van der Waals surface area (Å²) < 4.78 is 15.6. The van der Waals surface area contributed by atoms with Crippen LogP contribution in [0.25, 0.3) is 0 Å². The third-order valence-electron chi connectivity index (χ3n) is 3.24. The van der Waals surface area contributed by atoms with Crippen LogP contribution in [0.4, 0.5) is 0 Å². The first-order valence-electron chi connectivity index (χ1n) is 6.70. The van der Waals surface area contributed by atoms with Gasteiger partial charge in [-0.15, -0.1) is 0 Å². The average molecular weight is 297 g/mol. The number of nitrogens with one attached hydrogen (secondary N) is 1. The quantitative estimate of drug-likeness (QED) is 0.797. The number of hydrogen-bond acceptors (Lipinski definition) is 5. The van der Waals surface area contributed by atoms with E-state index < -0.39 is 0 Å². The van der Waals surface area contributed by atoms with E-state index in [1.165, 1.54) is 21.3 Å². The molecule has 6 heteroatoms. The molecule has 0 radical (unpaired) electrons. The van der Waals surface area contributed by atoms with Crippen LogP contribution in [-0.4, -0.2) is 45.0 Å². The van der Waals surface area contributed by atoms with E-state index in [0.717, 1.165) is 0 Å². The van der Waals surface area contributed by atoms with E-state index >= 15 is 0 Å². The molecule has 0 fully saturated rings. The maximum Gasteiger partial charge on any atom is 0.251 e. The number of ether oxygens (including phenoxy) is 3. The van der Waals surface area contributed by atoms with E-state index in [1.807, 2.05) is 13.8 Å². The fourth-order valence-corrected chi connectivity index (χ4v) is 1.89. The highest BCUT2D eigenvalue weighted by molar-refractivity contribution is 5.95. The number of aliphatic hydroxyl groups excluding tert-OH is 1. The summed E-state index contributed by atoms with van der Waals surface area (Å²) in [6.45, 7) is 3.74. The first-order chi connectivity index (χ1) is 9.98. The fraction of sp³-hybridized carbons (Fsp3) is 0.533. The van der Waals surface area contributed by atoms with Crippen LogP contribution in [0.15, 0.2) is 12.1 Å². The summed E-state index contributed by atoms with van der Waals surface area (Å²) in [6, 6.07) is 2.84. The maximum absolute atomic E-state index is 12.3. The topological polar surface area (TPSA) is 77.0 Å². The van der Waals surface area contributed by atoms with Crippen LogP contribution in [-0.2, 0) is 0 Å². The molecule has 1 aromatic carbocycles. The Morgan fingerprint density at radius 1 is 1.14 bits per heavy atom. The summed E-state index contributed by atoms with van der Waals surface area (Å²) in [6.07, 6.45) is 0. The Labute approximate surface area is 125 Å². The highest BCUT2D eigenvalue weighted by Crippen LogP contribution is 2.38. The third-order valence-corrected chi connectivity index (χ3v) is 3.24. The molecule has 0 aliphatic carbocycles. The van der Waals surface area contributed by atoms with Gasteiger partial charge in [-0.2, -0.15) is 0 Å². The van der Waals surface area contributed by atoms with Gasteiger partial charge in [-0.3, -0.25) is 4.79 Å². The highest BCUT2D eigenvalue weighted by Gasteiger charge is 2.20. The van der Waals surface area contributed by atoms with Crippen LogP contribution in [0.3, 0.4) is 0 Å². The first kappa shape index (κ1) is 17.1. The second kappa shape index (κ2) is 7.73. The van der Waals surface area contributed by atoms with Gasteiger partial charge in [0.2, 0.25) is 5.75 Å². The lowest BCUT2D eigenvalue weighted by Gasteiger charge is -2.20. The smallest absolute Gasteiger partial charge is 0.251 e. The fourth-order valence-electron chi connectivity index (χ4n) is 1.89. The summed E-state index contributed by atoms with van der Waals surface area (Å²) in [5.74, 6) is 1.07. The Morgan fingerprint density at radius 3 is 2.00 bits per heavy atom. The van der Waals surface area contributed by atoms with Crippen molar-refractivity contribution in [2.45, 2.75) is 19.9 Å². The van der Waals surface area contributed by atoms with Gasteiger partial charge in [0.15, 0.2) is 11.5 Å². The molecule has 1 atom stereocenters. The molecule has 118 valence electrons. The second-order valence-corrected chi connectivity index (χ2v) is 4.92. The molecule has 1 amide bonds. The summed E-state index contributed by atoms with van der Waals surface area (Å²) in [4.78, 5) is 12.3. The van der Waals surface area contributed by atoms with Crippen molar-refractivity contribution in [3.05, 3.63) is 17.7 Å². The number of aliphatic hydroxyl groups is 1. The van der Waals surface area contributed by atoms with Crippen molar-refractivity contribution in [3.63, 3.8) is 0 Å². The zero-order valence-corrected chi connectivity index (χ0v) is 13.1. The highest BCUT2D eigenvalue weighted by atomic mass is 16.5. The number of benzene rings is 1. The molecule has 1 aromatic rings. The zero-order chi connectivity index (χ0) is 16.0. The van der Waals surface area contributed by atoms with Crippen molar-refractivity contribution in [2.75, 3.05) is 27.9 Å². The van der Waals surface area contributed by atoms with Crippen molar-refractivity contribution in [1.82, 2.24) is 5.32 Å². The minimum Gasteiger partial charge on any atom is -0.493 e. The van der Waals surface area contributed by atoms with Gasteiger partial charge in [-0.25, -0.2) is 0 Å². The van der Waals surface area contributed by atoms with Gasteiger partial charge in [-0.05, 0) is 18.1 Å². The minimum absolute atomic E-state index is 0.117. The Morgan fingerprint density at radius 2 is 1.67 bits per heavy atom. The van der Waals surface area contributed by atoms with Gasteiger partial charge in [0.25, 0.3) is 5.91 Å². The molecule has 0 bridgehead atoms. The van der Waals surface area contributed by atoms with E-state index in [1.54, 1.807) is 12.1 Å². The number of carbonyl (C=O) groups is 1. The number of carbonyl (C=O) groups excluding carboxylic acids is 1. The lowest BCUT2D eigenvalue weighted by Crippen LogP contribution is -2.41. The van der Waals surface area contributed by atoms with Crippen LogP contribution in [0, 0.1) is 5.92 Å². The lowest BCUT2D eigenvalue weighted by atomic mass is 10.0. The minimum atomic E-state index is -0.309. The molecule has 1 rings (SSSR count). The van der Waals surface area contributed by atoms with E-state index in [4.69, 9.17) is 14.2 Å². The van der Waals surface area contributed by atoms with Gasteiger partial charge in [0, 0.05) is 5.56 Å². The van der Waals surface area contributed by atoms with Gasteiger partial charge >= 0.3 is 0 Å². The second-order valence-electron chi connectivity index (χ2n) is 4.92. The molecule has 6 nitrogen and oxygen atoms in total. The van der Waals surface area contributed by atoms with Crippen LogP contribution in [0.1, 0.15) is 24.2 Å². The van der Waals surface area contributed by atoms with Gasteiger partial charge in [0.1, 0.15) is 0 Å². The molecular formula is C15H23NO5. The van der Waals surface area contributed by atoms with Crippen molar-refractivity contribution in [3.8, 4) is 17.2 Å². The predicted molar refractivity (Wildman–Crippen MR) is 79.3 cm³/mol. The van der Waals surface area contributed by atoms with E-state index in [-0.39, 0.29) is 24.5 Å². The number of methoxy groups -OCH3 is 3. The maximum atomic E-state index is 12.3. The summed E-state index contributed by atoms with van der Waals surface area (Å²) in [5.41, 5.74) is 0.378. The summed E-state index contributed by atoms with van der Waals surface area (Å²) in [5, 5.41) is 12.1. The van der Waals surface area contributed by atoms with Crippen LogP contribution >= 0.6 is 0 Å². The third kappa shape index (κ3) is 4.01. The normalized spacial score (nSPS) is 12.0. The van der Waals surface area contributed by atoms with Crippen molar-refractivity contribution in [1.29, 1.82) is 0 Å². The summed E-state index contributed by atoms with van der Waals surface area (Å²) in [7, 11) is 4.48. The first-order valence-corrected chi connectivity index (χ1v) is 6.70. The van der Waals surface area contributed by atoms with E-state index in [9.17, 15) is 9.90 Å². The largest absolute Gasteiger partial charge is 0.493 e. The SMILES string of the molecule is COc1cc(C(=O)N[C@H](CO)C(C)C)cc(OC)c1OC. The molecule has 0 aliphatic rings. The molecule has 0 saturated carbocycles. The van der Waals surface area contributed by atoms with Crippen LogP contribution < -0.4 is 19.5 Å². The van der Waals surface area contributed by atoms with Gasteiger partial charge < -0.3 is 24.6 Å². The van der Waals surface area contributed by atoms with Crippen LogP contribution in [0.2, 0.25) is 0 Å². The summed E-state index contributed by atoms with van der Waals surface area (Å²) >= 11 is 0. The number of rotatable bonds is 7. The standard InChI is InChI=1S/C15H23NO5/c1-9(2)11(8-17)16-15(18)10-6-12(19-3)14(21-5)13(7-10)20-4/h6-7,9,11,17H,8H2,1-5H3,(H,16,18)/t11-/m1/s1. The molecular weight excluding hydrogens is 274 g/mol. The Kier molecular flexibility index (Phi) is 6.30. The van der Waals surface area contributed by atoms with E-state index in [2.05, 4.69) is 5.32 Å². The molecule has 0 spiro atoms. The molecule has 0 saturated heterocycles. The van der Waals surface area contributed by atoms with Crippen LogP contribution in [0.5, 0.6) is 17.2 Å². The monoisotopic (exact) mass is 297 g/mol. The van der Waals surface area contributed by atoms with Crippen molar-refractivity contribution < 1.29 is 24.1 Å². The Hall–Kier alpha value is -1.95. The number of amides is 1. The lowest BCUT2D eigenvalue weighted by molar-refractivity contribution is 0.0896. The van der Waals surface area contributed by atoms with E-state index in [0.29, 0.717) is 22.8 Å². The molecule has 0 heterocycles. The van der Waals surface area contributed by atoms with Crippen molar-refractivity contribution in [2.24, 2.45) is 5.92 Å². The number of hydrogen-bond donors (Lipinski definition) is 2. The van der Waals surface area contributed by atoms with Crippen molar-refractivity contribution >= 4 is 5.91 Å². The van der Waals surface area contributed by atoms with Gasteiger partial charge in [-0.1, -0.05) is 13.8 Å². The molecule has 0 aliphatic heterocycles. The zero-order valence-electron chi connectivity index (χ0n) is 13.1. The van der Waals surface area contributed by atoms with Gasteiger partial charge in [0.05, 0.1) is 34.0 Å². The molecule has 21 heavy (non-hydrogen) atoms. The average Bonchev–Trinajstić information content (AvgIpc) is 2.50. The molecule has 0 unspecified atom stereocenters. The molecule has 0 aromatic heterocycles.